The molecule has 0 aromatic carbocycles. The van der Waals surface area contributed by atoms with Crippen LogP contribution >= 0.6 is 11.3 Å². The Morgan fingerprint density at radius 2 is 2.12 bits per heavy atom. The van der Waals surface area contributed by atoms with Gasteiger partial charge in [0.05, 0.1) is 5.69 Å². The molecule has 1 saturated carbocycles. The van der Waals surface area contributed by atoms with Gasteiger partial charge in [-0.3, -0.25) is 9.20 Å². The van der Waals surface area contributed by atoms with Crippen LogP contribution in [0, 0.1) is 13.8 Å². The van der Waals surface area contributed by atoms with E-state index in [-0.39, 0.29) is 5.91 Å². The minimum atomic E-state index is -0.0207. The molecular weight excluding hydrogens is 336 g/mol. The van der Waals surface area contributed by atoms with Crippen molar-refractivity contribution in [3.05, 3.63) is 40.1 Å². The summed E-state index contributed by atoms with van der Waals surface area (Å²) in [6.45, 7) is 5.60. The van der Waals surface area contributed by atoms with E-state index < -0.39 is 0 Å². The van der Waals surface area contributed by atoms with Crippen LogP contribution in [-0.2, 0) is 0 Å². The van der Waals surface area contributed by atoms with Gasteiger partial charge >= 0.3 is 0 Å². The predicted octanol–water partition coefficient (Wildman–Crippen LogP) is 3.51. The molecule has 1 unspecified atom stereocenters. The Bertz CT molecular complexity index is 965. The number of hydrogen-bond donors (Lipinski definition) is 0. The molecule has 1 saturated heterocycles. The van der Waals surface area contributed by atoms with Crippen molar-refractivity contribution in [2.24, 2.45) is 0 Å². The lowest BCUT2D eigenvalue weighted by molar-refractivity contribution is 0.0780. The lowest BCUT2D eigenvalue weighted by atomic mass is 10.1. The average molecular weight is 356 g/mol. The molecule has 1 aliphatic heterocycles. The molecule has 3 aromatic heterocycles. The number of nitrogens with zero attached hydrogens (tertiary/aromatic N) is 4. The Kier molecular flexibility index (Phi) is 3.28. The Hall–Kier alpha value is -2.15. The molecule has 1 aliphatic carbocycles. The monoisotopic (exact) mass is 356 g/mol. The Morgan fingerprint density at radius 3 is 2.92 bits per heavy atom. The number of fused-ring (bicyclic) bond motifs is 1. The molecule has 25 heavy (non-hydrogen) atoms. The minimum Gasteiger partial charge on any atom is -0.360 e. The number of thiazole rings is 1. The first kappa shape index (κ1) is 15.1. The summed E-state index contributed by atoms with van der Waals surface area (Å²) < 4.78 is 7.55. The molecule has 0 radical (unpaired) electrons. The summed E-state index contributed by atoms with van der Waals surface area (Å²) in [5.74, 6) is 2.64. The van der Waals surface area contributed by atoms with Crippen molar-refractivity contribution in [3.63, 3.8) is 0 Å². The largest absolute Gasteiger partial charge is 0.360 e. The minimum absolute atomic E-state index is 0.0207. The van der Waals surface area contributed by atoms with Gasteiger partial charge in [0.1, 0.15) is 16.4 Å². The van der Waals surface area contributed by atoms with E-state index in [0.717, 1.165) is 43.1 Å². The van der Waals surface area contributed by atoms with Gasteiger partial charge in [0.25, 0.3) is 5.91 Å². The lowest BCUT2D eigenvalue weighted by Crippen LogP contribution is -2.28. The molecule has 0 bridgehead atoms. The molecule has 0 spiro atoms. The van der Waals surface area contributed by atoms with Crippen LogP contribution in [0.25, 0.3) is 4.83 Å². The Labute approximate surface area is 149 Å². The molecule has 6 nitrogen and oxygen atoms in total. The highest BCUT2D eigenvalue weighted by Crippen LogP contribution is 2.40. The average Bonchev–Trinajstić information content (AvgIpc) is 3.01. The Morgan fingerprint density at radius 1 is 1.28 bits per heavy atom. The maximum atomic E-state index is 12.7. The third-order valence-electron chi connectivity index (χ3n) is 5.31. The van der Waals surface area contributed by atoms with E-state index in [4.69, 9.17) is 9.51 Å². The van der Waals surface area contributed by atoms with E-state index in [9.17, 15) is 4.79 Å². The predicted molar refractivity (Wildman–Crippen MR) is 94.3 cm³/mol. The number of rotatable bonds is 3. The number of hydrogen-bond acceptors (Lipinski definition) is 5. The first-order valence-electron chi connectivity index (χ1n) is 8.80. The highest BCUT2D eigenvalue weighted by atomic mass is 32.1. The number of carbonyl (C=O) groups excluding carboxylic acids is 1. The summed E-state index contributed by atoms with van der Waals surface area (Å²) >= 11 is 1.74. The number of amides is 1. The first-order chi connectivity index (χ1) is 12.1. The molecule has 130 valence electrons. The van der Waals surface area contributed by atoms with E-state index in [2.05, 4.69) is 21.9 Å². The maximum Gasteiger partial charge on any atom is 0.276 e. The van der Waals surface area contributed by atoms with Crippen molar-refractivity contribution < 1.29 is 9.32 Å². The van der Waals surface area contributed by atoms with Crippen molar-refractivity contribution in [2.45, 2.75) is 44.9 Å². The van der Waals surface area contributed by atoms with Crippen LogP contribution < -0.4 is 0 Å². The van der Waals surface area contributed by atoms with Crippen molar-refractivity contribution in [1.29, 1.82) is 0 Å². The van der Waals surface area contributed by atoms with Crippen molar-refractivity contribution in [3.8, 4) is 0 Å². The quantitative estimate of drug-likeness (QED) is 0.720. The highest BCUT2D eigenvalue weighted by Gasteiger charge is 2.34. The smallest absolute Gasteiger partial charge is 0.276 e. The lowest BCUT2D eigenvalue weighted by Gasteiger charge is -2.14. The maximum absolute atomic E-state index is 12.7. The van der Waals surface area contributed by atoms with Gasteiger partial charge in [0.2, 0.25) is 0 Å². The van der Waals surface area contributed by atoms with Crippen molar-refractivity contribution in [2.75, 3.05) is 13.1 Å². The van der Waals surface area contributed by atoms with E-state index in [1.54, 1.807) is 11.3 Å². The van der Waals surface area contributed by atoms with Gasteiger partial charge in [-0.15, -0.1) is 11.3 Å². The molecule has 2 aliphatic rings. The topological polar surface area (TPSA) is 63.6 Å². The summed E-state index contributed by atoms with van der Waals surface area (Å²) in [5.41, 5.74) is 2.79. The molecule has 3 aromatic rings. The molecular formula is C18H20N4O2S. The zero-order valence-electron chi connectivity index (χ0n) is 14.4. The SMILES string of the molecule is Cc1csc2c(C3CCN(C(=O)c4cc(C5CC5)on4)C3)nc(C)n12. The molecule has 4 heterocycles. The van der Waals surface area contributed by atoms with Crippen LogP contribution in [0.15, 0.2) is 16.0 Å². The normalized spacial score (nSPS) is 20.7. The fourth-order valence-electron chi connectivity index (χ4n) is 3.80. The second kappa shape index (κ2) is 5.42. The second-order valence-corrected chi connectivity index (χ2v) is 8.05. The third kappa shape index (κ3) is 2.40. The van der Waals surface area contributed by atoms with E-state index >= 15 is 0 Å². The molecule has 1 atom stereocenters. The van der Waals surface area contributed by atoms with Gasteiger partial charge < -0.3 is 9.42 Å². The van der Waals surface area contributed by atoms with Gasteiger partial charge in [-0.05, 0) is 33.1 Å². The first-order valence-corrected chi connectivity index (χ1v) is 9.68. The summed E-state index contributed by atoms with van der Waals surface area (Å²) in [4.78, 5) is 20.6. The van der Waals surface area contributed by atoms with Gasteiger partial charge in [-0.1, -0.05) is 5.16 Å². The van der Waals surface area contributed by atoms with Crippen LogP contribution in [0.2, 0.25) is 0 Å². The fourth-order valence-corrected chi connectivity index (χ4v) is 4.90. The van der Waals surface area contributed by atoms with Crippen LogP contribution in [-0.4, -0.2) is 38.4 Å². The number of aromatic nitrogens is 3. The molecule has 1 amide bonds. The van der Waals surface area contributed by atoms with Crippen LogP contribution in [0.1, 0.15) is 64.6 Å². The highest BCUT2D eigenvalue weighted by molar-refractivity contribution is 7.15. The molecule has 5 rings (SSSR count). The van der Waals surface area contributed by atoms with Crippen molar-refractivity contribution >= 4 is 22.1 Å². The van der Waals surface area contributed by atoms with Crippen LogP contribution in [0.5, 0.6) is 0 Å². The molecule has 7 heteroatoms. The van der Waals surface area contributed by atoms with Crippen LogP contribution in [0.4, 0.5) is 0 Å². The summed E-state index contributed by atoms with van der Waals surface area (Å²) in [5, 5.41) is 6.16. The number of likely N-dealkylation sites (tertiary alicyclic amines) is 1. The summed E-state index contributed by atoms with van der Waals surface area (Å²) in [6, 6.07) is 1.83. The summed E-state index contributed by atoms with van der Waals surface area (Å²) in [6.07, 6.45) is 3.23. The number of aryl methyl sites for hydroxylation is 2. The molecule has 2 fully saturated rings. The van der Waals surface area contributed by atoms with Gasteiger partial charge in [0.15, 0.2) is 5.69 Å². The van der Waals surface area contributed by atoms with E-state index in [1.165, 1.54) is 10.5 Å². The third-order valence-corrected chi connectivity index (χ3v) is 6.39. The van der Waals surface area contributed by atoms with E-state index in [0.29, 0.717) is 24.1 Å². The van der Waals surface area contributed by atoms with Crippen molar-refractivity contribution in [1.82, 2.24) is 19.4 Å². The summed E-state index contributed by atoms with van der Waals surface area (Å²) in [7, 11) is 0. The zero-order chi connectivity index (χ0) is 17.1. The zero-order valence-corrected chi connectivity index (χ0v) is 15.2. The standard InChI is InChI=1S/C18H20N4O2S/c1-10-9-25-18-16(19-11(2)22(10)18)13-5-6-21(8-13)17(23)14-7-15(24-20-14)12-3-4-12/h7,9,12-13H,3-6,8H2,1-2H3. The van der Waals surface area contributed by atoms with Crippen LogP contribution in [0.3, 0.4) is 0 Å². The van der Waals surface area contributed by atoms with Gasteiger partial charge in [-0.2, -0.15) is 0 Å². The second-order valence-electron chi connectivity index (χ2n) is 7.19. The number of carbonyl (C=O) groups is 1. The number of imidazole rings is 1. The van der Waals surface area contributed by atoms with E-state index in [1.807, 2.05) is 17.9 Å². The van der Waals surface area contributed by atoms with Gasteiger partial charge in [-0.25, -0.2) is 4.98 Å². The van der Waals surface area contributed by atoms with Gasteiger partial charge in [0, 0.05) is 42.1 Å². The Balaban J connectivity index is 1.37. The fraction of sp³-hybridized carbons (Fsp3) is 0.500. The molecule has 0 N–H and O–H groups in total.